The van der Waals surface area contributed by atoms with E-state index in [2.05, 4.69) is 23.8 Å². The van der Waals surface area contributed by atoms with Gasteiger partial charge in [-0.3, -0.25) is 4.90 Å². The summed E-state index contributed by atoms with van der Waals surface area (Å²) in [6, 6.07) is 0.504. The van der Waals surface area contributed by atoms with Crippen LogP contribution in [-0.4, -0.2) is 53.6 Å². The highest BCUT2D eigenvalue weighted by atomic mass is 16.5. The van der Waals surface area contributed by atoms with Gasteiger partial charge in [0.05, 0.1) is 37.1 Å². The first-order valence-electron chi connectivity index (χ1n) is 7.68. The van der Waals surface area contributed by atoms with Crippen LogP contribution in [0.2, 0.25) is 0 Å². The van der Waals surface area contributed by atoms with Crippen LogP contribution < -0.4 is 10.5 Å². The fourth-order valence-corrected chi connectivity index (χ4v) is 3.30. The first kappa shape index (κ1) is 16.3. The number of aromatic nitrogens is 2. The number of morpholine rings is 1. The van der Waals surface area contributed by atoms with E-state index < -0.39 is 0 Å². The van der Waals surface area contributed by atoms with Gasteiger partial charge in [0.2, 0.25) is 5.88 Å². The molecule has 2 heterocycles. The summed E-state index contributed by atoms with van der Waals surface area (Å²) in [5.74, 6) is 0.803. The van der Waals surface area contributed by atoms with E-state index in [9.17, 15) is 0 Å². The van der Waals surface area contributed by atoms with Gasteiger partial charge in [-0.1, -0.05) is 6.92 Å². The highest BCUT2D eigenvalue weighted by Crippen LogP contribution is 2.34. The minimum absolute atomic E-state index is 0.116. The number of ether oxygens (including phenoxy) is 2. The highest BCUT2D eigenvalue weighted by Gasteiger charge is 2.35. The number of hydrogen-bond acceptors (Lipinski definition) is 5. The molecular weight excluding hydrogens is 268 g/mol. The van der Waals surface area contributed by atoms with E-state index in [1.54, 1.807) is 11.8 Å². The Morgan fingerprint density at radius 2 is 2.24 bits per heavy atom. The number of aryl methyl sites for hydroxylation is 2. The molecule has 0 amide bonds. The summed E-state index contributed by atoms with van der Waals surface area (Å²) in [4.78, 5) is 2.46. The zero-order chi connectivity index (χ0) is 15.6. The summed E-state index contributed by atoms with van der Waals surface area (Å²) in [6.45, 7) is 8.52. The monoisotopic (exact) mass is 296 g/mol. The lowest BCUT2D eigenvalue weighted by molar-refractivity contribution is -0.0722. The second kappa shape index (κ2) is 6.77. The molecule has 120 valence electrons. The van der Waals surface area contributed by atoms with Gasteiger partial charge in [0, 0.05) is 26.2 Å². The third-order valence-electron chi connectivity index (χ3n) is 4.35. The molecule has 21 heavy (non-hydrogen) atoms. The summed E-state index contributed by atoms with van der Waals surface area (Å²) >= 11 is 0. The van der Waals surface area contributed by atoms with E-state index in [1.165, 1.54) is 0 Å². The molecule has 0 spiro atoms. The Balaban J connectivity index is 2.38. The van der Waals surface area contributed by atoms with E-state index in [0.717, 1.165) is 36.7 Å². The number of nitrogens with zero attached hydrogens (tertiary/aromatic N) is 3. The van der Waals surface area contributed by atoms with Crippen LogP contribution in [0.1, 0.15) is 37.6 Å². The lowest BCUT2D eigenvalue weighted by atomic mass is 10.0. The third kappa shape index (κ3) is 3.07. The molecule has 1 fully saturated rings. The van der Waals surface area contributed by atoms with E-state index >= 15 is 0 Å². The maximum absolute atomic E-state index is 6.12. The van der Waals surface area contributed by atoms with Crippen LogP contribution in [-0.2, 0) is 11.8 Å². The Kier molecular flexibility index (Phi) is 5.24. The standard InChI is InChI=1S/C15H28N4O2/c1-6-12-9-21-10(2)8-19(12)13(7-16)14-11(3)17-18(4)15(14)20-5/h10,12-13H,6-9,16H2,1-5H3. The molecule has 1 aromatic rings. The molecule has 6 heteroatoms. The van der Waals surface area contributed by atoms with Crippen molar-refractivity contribution in [3.05, 3.63) is 11.3 Å². The van der Waals surface area contributed by atoms with Crippen molar-refractivity contribution >= 4 is 0 Å². The summed E-state index contributed by atoms with van der Waals surface area (Å²) < 4.78 is 13.1. The summed E-state index contributed by atoms with van der Waals surface area (Å²) in [7, 11) is 3.59. The molecule has 0 aromatic carbocycles. The molecule has 6 nitrogen and oxygen atoms in total. The highest BCUT2D eigenvalue weighted by molar-refractivity contribution is 5.35. The first-order chi connectivity index (χ1) is 10.0. The average molecular weight is 296 g/mol. The SMILES string of the molecule is CCC1COC(C)CN1C(CN)c1c(C)nn(C)c1OC. The number of methoxy groups -OCH3 is 1. The average Bonchev–Trinajstić information content (AvgIpc) is 2.74. The minimum Gasteiger partial charge on any atom is -0.481 e. The van der Waals surface area contributed by atoms with Crippen molar-refractivity contribution in [1.29, 1.82) is 0 Å². The Labute approximate surface area is 127 Å². The molecule has 1 aliphatic heterocycles. The second-order valence-corrected chi connectivity index (χ2v) is 5.79. The van der Waals surface area contributed by atoms with Crippen LogP contribution in [0, 0.1) is 6.92 Å². The molecule has 0 aliphatic carbocycles. The van der Waals surface area contributed by atoms with E-state index in [1.807, 2.05) is 14.0 Å². The molecule has 3 atom stereocenters. The minimum atomic E-state index is 0.116. The third-order valence-corrected chi connectivity index (χ3v) is 4.35. The lowest BCUT2D eigenvalue weighted by Crippen LogP contribution is -2.51. The first-order valence-corrected chi connectivity index (χ1v) is 7.68. The van der Waals surface area contributed by atoms with Gasteiger partial charge < -0.3 is 15.2 Å². The molecule has 0 bridgehead atoms. The zero-order valence-electron chi connectivity index (χ0n) is 13.8. The van der Waals surface area contributed by atoms with Crippen molar-refractivity contribution in [2.24, 2.45) is 12.8 Å². The molecule has 1 aliphatic rings. The second-order valence-electron chi connectivity index (χ2n) is 5.79. The van der Waals surface area contributed by atoms with Gasteiger partial charge in [-0.2, -0.15) is 5.10 Å². The summed E-state index contributed by atoms with van der Waals surface area (Å²) in [5, 5.41) is 4.49. The van der Waals surface area contributed by atoms with Crippen LogP contribution in [0.5, 0.6) is 5.88 Å². The van der Waals surface area contributed by atoms with Crippen molar-refractivity contribution in [2.75, 3.05) is 26.8 Å². The van der Waals surface area contributed by atoms with Crippen LogP contribution in [0.3, 0.4) is 0 Å². The molecule has 0 saturated carbocycles. The molecule has 3 unspecified atom stereocenters. The fourth-order valence-electron chi connectivity index (χ4n) is 3.30. The fraction of sp³-hybridized carbons (Fsp3) is 0.800. The predicted octanol–water partition coefficient (Wildman–Crippen LogP) is 1.24. The van der Waals surface area contributed by atoms with Crippen LogP contribution >= 0.6 is 0 Å². The number of rotatable bonds is 5. The number of nitrogens with two attached hydrogens (primary N) is 1. The smallest absolute Gasteiger partial charge is 0.216 e. The summed E-state index contributed by atoms with van der Waals surface area (Å²) in [6.07, 6.45) is 1.27. The van der Waals surface area contributed by atoms with Crippen LogP contribution in [0.25, 0.3) is 0 Å². The Morgan fingerprint density at radius 3 is 2.81 bits per heavy atom. The largest absolute Gasteiger partial charge is 0.481 e. The molecule has 2 N–H and O–H groups in total. The molecular formula is C15H28N4O2. The van der Waals surface area contributed by atoms with Gasteiger partial charge in [-0.15, -0.1) is 0 Å². The normalized spacial score (nSPS) is 25.0. The van der Waals surface area contributed by atoms with Crippen LogP contribution in [0.4, 0.5) is 0 Å². The topological polar surface area (TPSA) is 65.5 Å². The maximum atomic E-state index is 6.12. The van der Waals surface area contributed by atoms with Crippen molar-refractivity contribution in [3.63, 3.8) is 0 Å². The van der Waals surface area contributed by atoms with Crippen molar-refractivity contribution < 1.29 is 9.47 Å². The molecule has 2 rings (SSSR count). The quantitative estimate of drug-likeness (QED) is 0.885. The Hall–Kier alpha value is -1.11. The maximum Gasteiger partial charge on any atom is 0.216 e. The van der Waals surface area contributed by atoms with Crippen molar-refractivity contribution in [2.45, 2.75) is 45.4 Å². The molecule has 1 aromatic heterocycles. The Bertz CT molecular complexity index is 474. The van der Waals surface area contributed by atoms with Crippen molar-refractivity contribution in [1.82, 2.24) is 14.7 Å². The van der Waals surface area contributed by atoms with Gasteiger partial charge in [-0.25, -0.2) is 4.68 Å². The zero-order valence-corrected chi connectivity index (χ0v) is 13.8. The van der Waals surface area contributed by atoms with E-state index in [4.69, 9.17) is 15.2 Å². The Morgan fingerprint density at radius 1 is 1.52 bits per heavy atom. The van der Waals surface area contributed by atoms with Gasteiger partial charge in [0.25, 0.3) is 0 Å². The van der Waals surface area contributed by atoms with Gasteiger partial charge >= 0.3 is 0 Å². The molecule has 0 radical (unpaired) electrons. The van der Waals surface area contributed by atoms with Crippen LogP contribution in [0.15, 0.2) is 0 Å². The van der Waals surface area contributed by atoms with Crippen molar-refractivity contribution in [3.8, 4) is 5.88 Å². The van der Waals surface area contributed by atoms with E-state index in [0.29, 0.717) is 12.6 Å². The number of hydrogen-bond donors (Lipinski definition) is 1. The van der Waals surface area contributed by atoms with Gasteiger partial charge in [-0.05, 0) is 20.3 Å². The van der Waals surface area contributed by atoms with Gasteiger partial charge in [0.1, 0.15) is 0 Å². The molecule has 1 saturated heterocycles. The van der Waals surface area contributed by atoms with E-state index in [-0.39, 0.29) is 12.1 Å². The lowest BCUT2D eigenvalue weighted by Gasteiger charge is -2.42. The van der Waals surface area contributed by atoms with Gasteiger partial charge in [0.15, 0.2) is 0 Å². The summed E-state index contributed by atoms with van der Waals surface area (Å²) in [5.41, 5.74) is 8.22. The predicted molar refractivity (Wildman–Crippen MR) is 82.5 cm³/mol.